The molecule has 35 heavy (non-hydrogen) atoms. The van der Waals surface area contributed by atoms with Gasteiger partial charge in [-0.05, 0) is 12.8 Å². The largest absolute Gasteiger partial charge is 1.00 e. The minimum atomic E-state index is -4.50. The molecule has 0 aromatic carbocycles. The van der Waals surface area contributed by atoms with Gasteiger partial charge in [0.25, 0.3) is 0 Å². The number of allylic oxidation sites excluding steroid dienone is 1. The number of aliphatic hydroxyl groups is 2. The Morgan fingerprint density at radius 2 is 1.51 bits per heavy atom. The fraction of sp³-hybridized carbons (Fsp3) is 0.880. The van der Waals surface area contributed by atoms with Crippen LogP contribution in [0, 0.1) is 0 Å². The summed E-state index contributed by atoms with van der Waals surface area (Å²) < 4.78 is 33.1. The van der Waals surface area contributed by atoms with Crippen LogP contribution >= 0.6 is 0 Å². The van der Waals surface area contributed by atoms with Crippen LogP contribution in [0.3, 0.4) is 0 Å². The zero-order valence-electron chi connectivity index (χ0n) is 22.2. The number of unbranched alkanes of at least 4 members (excludes halogenated alkanes) is 13. The van der Waals surface area contributed by atoms with Gasteiger partial charge in [-0.3, -0.25) is 4.48 Å². The van der Waals surface area contributed by atoms with Gasteiger partial charge in [0.2, 0.25) is 5.84 Å². The van der Waals surface area contributed by atoms with E-state index in [4.69, 9.17) is 0 Å². The molecule has 202 valence electrons. The molecule has 8 nitrogen and oxygen atoms in total. The number of nitrogens with zero attached hydrogens (tertiary/aromatic N) is 2. The summed E-state index contributed by atoms with van der Waals surface area (Å²) >= 11 is 0. The molecule has 10 heteroatoms. The third kappa shape index (κ3) is 18.1. The first-order valence-electron chi connectivity index (χ1n) is 13.1. The predicted molar refractivity (Wildman–Crippen MR) is 136 cm³/mol. The van der Waals surface area contributed by atoms with Gasteiger partial charge in [-0.2, -0.15) is 0 Å². The molecule has 0 spiro atoms. The summed E-state index contributed by atoms with van der Waals surface area (Å²) in [4.78, 5) is 4.51. The Kier molecular flexibility index (Phi) is 23.6. The van der Waals surface area contributed by atoms with E-state index < -0.39 is 22.0 Å². The van der Waals surface area contributed by atoms with Gasteiger partial charge in [0.1, 0.15) is 25.7 Å². The van der Waals surface area contributed by atoms with Crippen molar-refractivity contribution >= 4 is 16.0 Å². The minimum Gasteiger partial charge on any atom is -0.870 e. The van der Waals surface area contributed by atoms with E-state index in [0.29, 0.717) is 19.6 Å². The van der Waals surface area contributed by atoms with Crippen LogP contribution < -0.4 is 29.6 Å². The normalized spacial score (nSPS) is 18.8. The van der Waals surface area contributed by atoms with E-state index in [2.05, 4.69) is 18.0 Å². The molecule has 2 unspecified atom stereocenters. The van der Waals surface area contributed by atoms with Crippen molar-refractivity contribution < 1.29 is 62.7 Å². The molecular formula is C25H49N2NaO6S. The summed E-state index contributed by atoms with van der Waals surface area (Å²) in [5, 5.41) is 19.6. The van der Waals surface area contributed by atoms with Crippen LogP contribution in [0.5, 0.6) is 0 Å². The Morgan fingerprint density at radius 1 is 1.00 bits per heavy atom. The maximum atomic E-state index is 11.0. The van der Waals surface area contributed by atoms with Crippen molar-refractivity contribution in [2.75, 3.05) is 38.5 Å². The molecular weight excluding hydrogens is 479 g/mol. The summed E-state index contributed by atoms with van der Waals surface area (Å²) in [5.74, 6) is -0.0601. The summed E-state index contributed by atoms with van der Waals surface area (Å²) in [5.41, 5.74) is 0. The van der Waals surface area contributed by atoms with Gasteiger partial charge >= 0.3 is 29.6 Å². The van der Waals surface area contributed by atoms with E-state index in [1.165, 1.54) is 77.0 Å². The second-order valence-electron chi connectivity index (χ2n) is 9.55. The molecule has 0 saturated heterocycles. The van der Waals surface area contributed by atoms with Gasteiger partial charge in [0.15, 0.2) is 0 Å². The van der Waals surface area contributed by atoms with E-state index in [-0.39, 0.29) is 52.7 Å². The first-order chi connectivity index (χ1) is 15.8. The van der Waals surface area contributed by atoms with Crippen LogP contribution in [0.1, 0.15) is 96.8 Å². The van der Waals surface area contributed by atoms with Gasteiger partial charge in [-0.1, -0.05) is 90.0 Å². The van der Waals surface area contributed by atoms with Crippen LogP contribution in [-0.2, 0) is 10.1 Å². The molecule has 0 radical (unpaired) electrons. The van der Waals surface area contributed by atoms with Gasteiger partial charge < -0.3 is 20.2 Å². The Morgan fingerprint density at radius 3 is 2.00 bits per heavy atom. The number of hydrogen-bond donors (Lipinski definition) is 2. The maximum absolute atomic E-state index is 11.0. The van der Waals surface area contributed by atoms with Crippen molar-refractivity contribution in [3.8, 4) is 0 Å². The van der Waals surface area contributed by atoms with E-state index in [1.54, 1.807) is 0 Å². The number of amidine groups is 1. The molecule has 0 bridgehead atoms. The zero-order chi connectivity index (χ0) is 24.4. The third-order valence-corrected chi connectivity index (χ3v) is 7.31. The molecule has 1 rings (SSSR count). The number of aliphatic imine (C=N–C) groups is 1. The van der Waals surface area contributed by atoms with Gasteiger partial charge in [-0.15, -0.1) is 0 Å². The standard InChI is InChI=1S/C25H48N2O5S.Na.H2O/c1-2-3-4-5-6-7-8-9-10-11-12-13-14-15-16-17-25-26-18-19-27(25,20-21-28)22-24(29)23-33(30,31)32;;/h16-17,24,28-29H,2-15,18-23H2,1H3;;1H2/q;+1;/p-1. The van der Waals surface area contributed by atoms with Crippen molar-refractivity contribution in [1.29, 1.82) is 0 Å². The number of aliphatic hydroxyl groups excluding tert-OH is 2. The molecule has 1 aliphatic rings. The fourth-order valence-electron chi connectivity index (χ4n) is 4.69. The van der Waals surface area contributed by atoms with Crippen LogP contribution in [0.4, 0.5) is 0 Å². The van der Waals surface area contributed by atoms with Gasteiger partial charge in [0, 0.05) is 6.08 Å². The first kappa shape index (κ1) is 37.3. The zero-order valence-corrected chi connectivity index (χ0v) is 25.1. The van der Waals surface area contributed by atoms with Crippen molar-refractivity contribution in [2.24, 2.45) is 4.99 Å². The molecule has 3 N–H and O–H groups in total. The minimum absolute atomic E-state index is 0. The summed E-state index contributed by atoms with van der Waals surface area (Å²) in [6.07, 6.45) is 21.0. The molecule has 0 aliphatic carbocycles. The van der Waals surface area contributed by atoms with E-state index in [0.717, 1.165) is 18.7 Å². The van der Waals surface area contributed by atoms with Gasteiger partial charge in [-0.25, -0.2) is 13.4 Å². The second kappa shape index (κ2) is 22.2. The van der Waals surface area contributed by atoms with Gasteiger partial charge in [0.05, 0.1) is 29.0 Å². The second-order valence-corrected chi connectivity index (χ2v) is 11.0. The molecule has 0 aromatic rings. The summed E-state index contributed by atoms with van der Waals surface area (Å²) in [7, 11) is -4.50. The Bertz CT molecular complexity index is 675. The summed E-state index contributed by atoms with van der Waals surface area (Å²) in [6.45, 7) is 3.74. The Labute approximate surface area is 236 Å². The third-order valence-electron chi connectivity index (χ3n) is 6.51. The van der Waals surface area contributed by atoms with Crippen molar-refractivity contribution in [1.82, 2.24) is 0 Å². The molecule has 0 amide bonds. The topological polar surface area (TPSA) is 140 Å². The molecule has 0 aromatic heterocycles. The number of hydrogen-bond acceptors (Lipinski definition) is 7. The average Bonchev–Trinajstić information content (AvgIpc) is 3.11. The quantitative estimate of drug-likeness (QED) is 0.0985. The molecule has 1 aliphatic heterocycles. The Balaban J connectivity index is 0. The fourth-order valence-corrected chi connectivity index (χ4v) is 5.26. The molecule has 0 fully saturated rings. The Hall–Kier alpha value is 0.160. The monoisotopic (exact) mass is 528 g/mol. The van der Waals surface area contributed by atoms with Crippen molar-refractivity contribution in [3.05, 3.63) is 12.2 Å². The number of rotatable bonds is 21. The van der Waals surface area contributed by atoms with Crippen LogP contribution in [-0.4, -0.2) is 83.6 Å². The number of quaternary nitrogens is 1. The maximum Gasteiger partial charge on any atom is 1.00 e. The molecule has 0 saturated carbocycles. The van der Waals surface area contributed by atoms with Crippen LogP contribution in [0.25, 0.3) is 0 Å². The smallest absolute Gasteiger partial charge is 0.870 e. The predicted octanol–water partition coefficient (Wildman–Crippen LogP) is 0.978. The SMILES string of the molecule is CCCCCCCCCCCCCCCC=CC1=NCC[N+]1(CCO)CC(O)CS(=O)(=O)[O-].[Na+].[OH-]. The van der Waals surface area contributed by atoms with Crippen LogP contribution in [0.2, 0.25) is 0 Å². The summed E-state index contributed by atoms with van der Waals surface area (Å²) in [6, 6.07) is 0. The molecule has 2 atom stereocenters. The van der Waals surface area contributed by atoms with E-state index in [1.807, 2.05) is 6.08 Å². The van der Waals surface area contributed by atoms with Crippen LogP contribution in [0.15, 0.2) is 17.1 Å². The van der Waals surface area contributed by atoms with Crippen molar-refractivity contribution in [3.63, 3.8) is 0 Å². The van der Waals surface area contributed by atoms with E-state index in [9.17, 15) is 23.2 Å². The van der Waals surface area contributed by atoms with Crippen molar-refractivity contribution in [2.45, 2.75) is 103 Å². The first-order valence-corrected chi connectivity index (χ1v) is 14.7. The average molecular weight is 529 g/mol. The molecule has 1 heterocycles. The van der Waals surface area contributed by atoms with E-state index >= 15 is 0 Å².